The molecular formula is C21H27N5O3. The number of anilines is 1. The molecule has 29 heavy (non-hydrogen) atoms. The number of benzene rings is 1. The molecular weight excluding hydrogens is 370 g/mol. The SMILES string of the molecule is Cc1ccccc1OCC(=O)Nc1cc(C2CC2)nn1C1NC(=O)C(C)C(C)N1. The standard InChI is InChI=1S/C21H27N5O3/c1-12-6-4-5-7-17(12)29-11-19(27)23-18-10-16(15-8-9-15)25-26(18)21-22-14(3)13(2)20(28)24-21/h4-7,10,13-15,21-22H,8-9,11H2,1-3H3,(H,23,27)(H,24,28). The van der Waals surface area contributed by atoms with Crippen molar-refractivity contribution in [2.24, 2.45) is 5.92 Å². The van der Waals surface area contributed by atoms with E-state index in [2.05, 4.69) is 21.0 Å². The highest BCUT2D eigenvalue weighted by Crippen LogP contribution is 2.40. The van der Waals surface area contributed by atoms with Gasteiger partial charge in [0.2, 0.25) is 5.91 Å². The Kier molecular flexibility index (Phi) is 5.27. The van der Waals surface area contributed by atoms with E-state index in [-0.39, 0.29) is 30.4 Å². The normalized spacial score (nSPS) is 24.1. The van der Waals surface area contributed by atoms with Gasteiger partial charge < -0.3 is 15.4 Å². The van der Waals surface area contributed by atoms with Crippen LogP contribution in [-0.2, 0) is 9.59 Å². The summed E-state index contributed by atoms with van der Waals surface area (Å²) in [5.74, 6) is 1.20. The topological polar surface area (TPSA) is 97.3 Å². The van der Waals surface area contributed by atoms with Crippen molar-refractivity contribution in [3.05, 3.63) is 41.6 Å². The molecule has 8 heteroatoms. The first-order chi connectivity index (χ1) is 13.9. The Morgan fingerprint density at radius 2 is 2.07 bits per heavy atom. The molecule has 2 heterocycles. The summed E-state index contributed by atoms with van der Waals surface area (Å²) in [6.45, 7) is 5.68. The summed E-state index contributed by atoms with van der Waals surface area (Å²) in [5.41, 5.74) is 1.90. The highest BCUT2D eigenvalue weighted by atomic mass is 16.5. The quantitative estimate of drug-likeness (QED) is 0.695. The number of amides is 2. The summed E-state index contributed by atoms with van der Waals surface area (Å²) in [5, 5.41) is 13.8. The number of nitrogens with one attached hydrogen (secondary N) is 3. The van der Waals surface area contributed by atoms with Crippen molar-refractivity contribution in [3.63, 3.8) is 0 Å². The van der Waals surface area contributed by atoms with E-state index in [1.165, 1.54) is 0 Å². The van der Waals surface area contributed by atoms with Crippen molar-refractivity contribution in [1.82, 2.24) is 20.4 Å². The van der Waals surface area contributed by atoms with Gasteiger partial charge in [0, 0.05) is 18.0 Å². The van der Waals surface area contributed by atoms with Crippen molar-refractivity contribution in [2.45, 2.75) is 51.9 Å². The van der Waals surface area contributed by atoms with Crippen LogP contribution in [0.5, 0.6) is 5.75 Å². The molecule has 1 saturated heterocycles. The minimum Gasteiger partial charge on any atom is -0.483 e. The number of nitrogens with zero attached hydrogens (tertiary/aromatic N) is 2. The summed E-state index contributed by atoms with van der Waals surface area (Å²) in [7, 11) is 0. The molecule has 2 aromatic rings. The third-order valence-corrected chi connectivity index (χ3v) is 5.58. The zero-order valence-electron chi connectivity index (χ0n) is 16.9. The van der Waals surface area contributed by atoms with Gasteiger partial charge in [-0.15, -0.1) is 0 Å². The Hall–Kier alpha value is -2.87. The maximum Gasteiger partial charge on any atom is 0.263 e. The first-order valence-corrected chi connectivity index (χ1v) is 10.1. The number of aryl methyl sites for hydroxylation is 1. The van der Waals surface area contributed by atoms with Crippen LogP contribution in [0.4, 0.5) is 5.82 Å². The molecule has 1 aliphatic heterocycles. The van der Waals surface area contributed by atoms with Crippen LogP contribution in [0.25, 0.3) is 0 Å². The molecule has 1 aromatic heterocycles. The molecule has 1 aliphatic carbocycles. The van der Waals surface area contributed by atoms with E-state index in [1.807, 2.05) is 51.1 Å². The van der Waals surface area contributed by atoms with E-state index >= 15 is 0 Å². The van der Waals surface area contributed by atoms with Gasteiger partial charge in [0.1, 0.15) is 11.6 Å². The van der Waals surface area contributed by atoms with Gasteiger partial charge in [-0.25, -0.2) is 4.68 Å². The van der Waals surface area contributed by atoms with Crippen LogP contribution in [0, 0.1) is 12.8 Å². The number of carbonyl (C=O) groups excluding carboxylic acids is 2. The Morgan fingerprint density at radius 3 is 2.76 bits per heavy atom. The van der Waals surface area contributed by atoms with Crippen molar-refractivity contribution >= 4 is 17.6 Å². The fourth-order valence-electron chi connectivity index (χ4n) is 3.38. The number of aromatic nitrogens is 2. The van der Waals surface area contributed by atoms with Gasteiger partial charge in [-0.3, -0.25) is 14.9 Å². The van der Waals surface area contributed by atoms with Crippen LogP contribution in [0.3, 0.4) is 0 Å². The summed E-state index contributed by atoms with van der Waals surface area (Å²) in [6.07, 6.45) is 1.69. The van der Waals surface area contributed by atoms with Crippen molar-refractivity contribution < 1.29 is 14.3 Å². The van der Waals surface area contributed by atoms with Gasteiger partial charge in [0.15, 0.2) is 12.9 Å². The molecule has 3 unspecified atom stereocenters. The first kappa shape index (κ1) is 19.4. The van der Waals surface area contributed by atoms with Crippen molar-refractivity contribution in [1.29, 1.82) is 0 Å². The second-order valence-corrected chi connectivity index (χ2v) is 7.93. The predicted octanol–water partition coefficient (Wildman–Crippen LogP) is 2.29. The second-order valence-electron chi connectivity index (χ2n) is 7.93. The van der Waals surface area contributed by atoms with Gasteiger partial charge in [-0.2, -0.15) is 5.10 Å². The minimum absolute atomic E-state index is 0.00438. The van der Waals surface area contributed by atoms with Crippen LogP contribution in [0.2, 0.25) is 0 Å². The highest BCUT2D eigenvalue weighted by Gasteiger charge is 2.34. The molecule has 3 atom stereocenters. The molecule has 1 saturated carbocycles. The molecule has 2 aliphatic rings. The van der Waals surface area contributed by atoms with Gasteiger partial charge in [0.05, 0.1) is 11.6 Å². The van der Waals surface area contributed by atoms with E-state index in [0.717, 1.165) is 24.1 Å². The maximum absolute atomic E-state index is 12.5. The molecule has 154 valence electrons. The highest BCUT2D eigenvalue weighted by molar-refractivity contribution is 5.91. The third-order valence-electron chi connectivity index (χ3n) is 5.58. The van der Waals surface area contributed by atoms with Crippen molar-refractivity contribution in [2.75, 3.05) is 11.9 Å². The van der Waals surface area contributed by atoms with E-state index < -0.39 is 6.29 Å². The van der Waals surface area contributed by atoms with Crippen LogP contribution in [0.15, 0.2) is 30.3 Å². The molecule has 2 fully saturated rings. The number of ether oxygens (including phenoxy) is 1. The zero-order chi connectivity index (χ0) is 20.5. The summed E-state index contributed by atoms with van der Waals surface area (Å²) in [6, 6.07) is 9.45. The fourth-order valence-corrected chi connectivity index (χ4v) is 3.38. The van der Waals surface area contributed by atoms with Crippen LogP contribution in [-0.4, -0.2) is 34.2 Å². The van der Waals surface area contributed by atoms with E-state index in [9.17, 15) is 9.59 Å². The zero-order valence-corrected chi connectivity index (χ0v) is 16.9. The molecule has 4 rings (SSSR count). The first-order valence-electron chi connectivity index (χ1n) is 10.1. The van der Waals surface area contributed by atoms with Gasteiger partial charge in [-0.05, 0) is 38.3 Å². The molecule has 1 aromatic carbocycles. The predicted molar refractivity (Wildman–Crippen MR) is 108 cm³/mol. The Balaban J connectivity index is 1.48. The van der Waals surface area contributed by atoms with Gasteiger partial charge in [-0.1, -0.05) is 25.1 Å². The molecule has 8 nitrogen and oxygen atoms in total. The van der Waals surface area contributed by atoms with Crippen molar-refractivity contribution in [3.8, 4) is 5.75 Å². The molecule has 0 bridgehead atoms. The van der Waals surface area contributed by atoms with E-state index in [0.29, 0.717) is 17.5 Å². The molecule has 0 radical (unpaired) electrons. The molecule has 2 amide bonds. The Labute approximate surface area is 170 Å². The summed E-state index contributed by atoms with van der Waals surface area (Å²) >= 11 is 0. The van der Waals surface area contributed by atoms with Gasteiger partial charge >= 0.3 is 0 Å². The van der Waals surface area contributed by atoms with Crippen LogP contribution >= 0.6 is 0 Å². The number of hydrogen-bond donors (Lipinski definition) is 3. The van der Waals surface area contributed by atoms with E-state index in [1.54, 1.807) is 4.68 Å². The number of rotatable bonds is 6. The fraction of sp³-hybridized carbons (Fsp3) is 0.476. The lowest BCUT2D eigenvalue weighted by atomic mass is 10.0. The summed E-state index contributed by atoms with van der Waals surface area (Å²) < 4.78 is 7.30. The number of carbonyl (C=O) groups is 2. The van der Waals surface area contributed by atoms with Crippen LogP contribution < -0.4 is 20.7 Å². The molecule has 0 spiro atoms. The monoisotopic (exact) mass is 397 g/mol. The average Bonchev–Trinajstić information content (AvgIpc) is 3.46. The Bertz CT molecular complexity index is 921. The average molecular weight is 397 g/mol. The lowest BCUT2D eigenvalue weighted by molar-refractivity contribution is -0.130. The van der Waals surface area contributed by atoms with Gasteiger partial charge in [0.25, 0.3) is 5.91 Å². The summed E-state index contributed by atoms with van der Waals surface area (Å²) in [4.78, 5) is 24.8. The third kappa shape index (κ3) is 4.27. The molecule has 3 N–H and O–H groups in total. The largest absolute Gasteiger partial charge is 0.483 e. The maximum atomic E-state index is 12.5. The lowest BCUT2D eigenvalue weighted by Crippen LogP contribution is -2.57. The minimum atomic E-state index is -0.506. The number of para-hydroxylation sites is 1. The lowest BCUT2D eigenvalue weighted by Gasteiger charge is -2.34. The van der Waals surface area contributed by atoms with E-state index in [4.69, 9.17) is 4.74 Å². The number of hydrogen-bond acceptors (Lipinski definition) is 5. The Morgan fingerprint density at radius 1 is 1.31 bits per heavy atom. The second kappa shape index (κ2) is 7.87. The smallest absolute Gasteiger partial charge is 0.263 e. The van der Waals surface area contributed by atoms with Crippen LogP contribution in [0.1, 0.15) is 50.2 Å².